The standard InChI is InChI=1S/C8H6BrF5N2/c9-4-1-5(10)6(15-2-4)16-3-8(13,14)7(11)12/h1-2,7H,3H2,(H,15,16). The molecule has 0 bridgehead atoms. The number of alkyl halides is 4. The third kappa shape index (κ3) is 3.29. The molecule has 1 aromatic rings. The minimum absolute atomic E-state index is 0.316. The Morgan fingerprint density at radius 3 is 2.56 bits per heavy atom. The molecule has 16 heavy (non-hydrogen) atoms. The molecule has 0 fully saturated rings. The van der Waals surface area contributed by atoms with Gasteiger partial charge >= 0.3 is 12.3 Å². The van der Waals surface area contributed by atoms with Crippen LogP contribution in [0.25, 0.3) is 0 Å². The van der Waals surface area contributed by atoms with Crippen LogP contribution in [-0.4, -0.2) is 23.9 Å². The maximum atomic E-state index is 13.0. The number of hydrogen-bond donors (Lipinski definition) is 1. The minimum Gasteiger partial charge on any atom is -0.361 e. The van der Waals surface area contributed by atoms with Crippen molar-refractivity contribution in [3.8, 4) is 0 Å². The van der Waals surface area contributed by atoms with Gasteiger partial charge < -0.3 is 5.32 Å². The van der Waals surface area contributed by atoms with Gasteiger partial charge in [-0.25, -0.2) is 18.2 Å². The van der Waals surface area contributed by atoms with Crippen LogP contribution in [0.2, 0.25) is 0 Å². The number of pyridine rings is 1. The molecule has 1 rings (SSSR count). The molecule has 0 amide bonds. The van der Waals surface area contributed by atoms with Crippen molar-refractivity contribution in [3.63, 3.8) is 0 Å². The molecule has 0 saturated carbocycles. The van der Waals surface area contributed by atoms with Gasteiger partial charge in [0.25, 0.3) is 0 Å². The molecule has 0 saturated heterocycles. The molecule has 0 aliphatic heterocycles. The third-order valence-corrected chi connectivity index (χ3v) is 2.05. The van der Waals surface area contributed by atoms with Crippen molar-refractivity contribution >= 4 is 21.7 Å². The van der Waals surface area contributed by atoms with Crippen molar-refractivity contribution in [1.29, 1.82) is 0 Å². The highest BCUT2D eigenvalue weighted by atomic mass is 79.9. The molecule has 0 aromatic carbocycles. The fourth-order valence-corrected chi connectivity index (χ4v) is 1.13. The molecular weight excluding hydrogens is 299 g/mol. The maximum absolute atomic E-state index is 13.0. The van der Waals surface area contributed by atoms with Crippen molar-refractivity contribution in [1.82, 2.24) is 4.98 Å². The quantitative estimate of drug-likeness (QED) is 0.863. The summed E-state index contributed by atoms with van der Waals surface area (Å²) < 4.78 is 61.8. The Morgan fingerprint density at radius 2 is 2.06 bits per heavy atom. The first kappa shape index (κ1) is 13.1. The number of rotatable bonds is 4. The fourth-order valence-electron chi connectivity index (χ4n) is 0.823. The van der Waals surface area contributed by atoms with Gasteiger partial charge in [-0.3, -0.25) is 0 Å². The molecule has 1 N–H and O–H groups in total. The first-order valence-electron chi connectivity index (χ1n) is 4.04. The van der Waals surface area contributed by atoms with E-state index in [1.807, 2.05) is 5.32 Å². The van der Waals surface area contributed by atoms with Gasteiger partial charge in [-0.1, -0.05) is 0 Å². The monoisotopic (exact) mass is 304 g/mol. The van der Waals surface area contributed by atoms with Crippen molar-refractivity contribution in [2.24, 2.45) is 0 Å². The second kappa shape index (κ2) is 4.94. The molecule has 90 valence electrons. The topological polar surface area (TPSA) is 24.9 Å². The minimum atomic E-state index is -4.22. The van der Waals surface area contributed by atoms with E-state index in [2.05, 4.69) is 20.9 Å². The number of aromatic nitrogens is 1. The van der Waals surface area contributed by atoms with Crippen LogP contribution in [0.1, 0.15) is 0 Å². The molecule has 0 atom stereocenters. The number of anilines is 1. The van der Waals surface area contributed by atoms with Crippen LogP contribution in [-0.2, 0) is 0 Å². The summed E-state index contributed by atoms with van der Waals surface area (Å²) >= 11 is 2.91. The van der Waals surface area contributed by atoms with E-state index in [1.165, 1.54) is 0 Å². The molecule has 8 heteroatoms. The average molecular weight is 305 g/mol. The lowest BCUT2D eigenvalue weighted by molar-refractivity contribution is -0.117. The summed E-state index contributed by atoms with van der Waals surface area (Å²) in [6.45, 7) is -1.38. The Bertz CT molecular complexity index is 371. The summed E-state index contributed by atoms with van der Waals surface area (Å²) in [5.74, 6) is -5.62. The molecule has 2 nitrogen and oxygen atoms in total. The van der Waals surface area contributed by atoms with Gasteiger partial charge in [-0.2, -0.15) is 8.78 Å². The lowest BCUT2D eigenvalue weighted by atomic mass is 10.3. The second-order valence-electron chi connectivity index (χ2n) is 2.90. The molecule has 1 heterocycles. The van der Waals surface area contributed by atoms with E-state index in [0.29, 0.717) is 4.47 Å². The third-order valence-electron chi connectivity index (χ3n) is 1.62. The first-order chi connectivity index (χ1) is 7.33. The Balaban J connectivity index is 2.68. The Kier molecular flexibility index (Phi) is 4.06. The number of hydrogen-bond acceptors (Lipinski definition) is 2. The lowest BCUT2D eigenvalue weighted by Gasteiger charge is -2.16. The van der Waals surface area contributed by atoms with Crippen molar-refractivity contribution < 1.29 is 22.0 Å². The van der Waals surface area contributed by atoms with E-state index in [9.17, 15) is 22.0 Å². The zero-order valence-electron chi connectivity index (χ0n) is 7.65. The van der Waals surface area contributed by atoms with Crippen molar-refractivity contribution in [2.45, 2.75) is 12.3 Å². The highest BCUT2D eigenvalue weighted by molar-refractivity contribution is 9.10. The smallest absolute Gasteiger partial charge is 0.324 e. The van der Waals surface area contributed by atoms with Crippen molar-refractivity contribution in [3.05, 3.63) is 22.6 Å². The average Bonchev–Trinajstić information content (AvgIpc) is 2.16. The van der Waals surface area contributed by atoms with Gasteiger partial charge in [0.2, 0.25) is 0 Å². The molecule has 0 aliphatic rings. The summed E-state index contributed by atoms with van der Waals surface area (Å²) in [5.41, 5.74) is 0. The van der Waals surface area contributed by atoms with Crippen LogP contribution in [0.15, 0.2) is 16.7 Å². The summed E-state index contributed by atoms with van der Waals surface area (Å²) in [5, 5.41) is 1.82. The molecule has 1 aromatic heterocycles. The summed E-state index contributed by atoms with van der Waals surface area (Å²) in [6.07, 6.45) is -2.65. The van der Waals surface area contributed by atoms with Gasteiger partial charge in [0.15, 0.2) is 11.6 Å². The van der Waals surface area contributed by atoms with Crippen LogP contribution >= 0.6 is 15.9 Å². The van der Waals surface area contributed by atoms with E-state index in [-0.39, 0.29) is 0 Å². The van der Waals surface area contributed by atoms with E-state index >= 15 is 0 Å². The molecule has 0 spiro atoms. The van der Waals surface area contributed by atoms with Crippen LogP contribution in [0.5, 0.6) is 0 Å². The highest BCUT2D eigenvalue weighted by Crippen LogP contribution is 2.24. The number of nitrogens with one attached hydrogen (secondary N) is 1. The van der Waals surface area contributed by atoms with Gasteiger partial charge in [-0.15, -0.1) is 0 Å². The van der Waals surface area contributed by atoms with E-state index in [4.69, 9.17) is 0 Å². The zero-order chi connectivity index (χ0) is 12.3. The Hall–Kier alpha value is -0.920. The molecular formula is C8H6BrF5N2. The molecule has 0 unspecified atom stereocenters. The number of halogens is 6. The summed E-state index contributed by atoms with van der Waals surface area (Å²) in [4.78, 5) is 3.43. The predicted molar refractivity (Wildman–Crippen MR) is 51.3 cm³/mol. The van der Waals surface area contributed by atoms with Crippen LogP contribution in [0.4, 0.5) is 27.8 Å². The Labute approximate surface area is 96.0 Å². The van der Waals surface area contributed by atoms with E-state index in [1.54, 1.807) is 0 Å². The molecule has 0 radical (unpaired) electrons. The van der Waals surface area contributed by atoms with Crippen LogP contribution in [0.3, 0.4) is 0 Å². The van der Waals surface area contributed by atoms with Crippen LogP contribution < -0.4 is 5.32 Å². The summed E-state index contributed by atoms with van der Waals surface area (Å²) in [6, 6.07) is 0.982. The van der Waals surface area contributed by atoms with Gasteiger partial charge in [-0.05, 0) is 22.0 Å². The number of nitrogens with zero attached hydrogens (tertiary/aromatic N) is 1. The fraction of sp³-hybridized carbons (Fsp3) is 0.375. The largest absolute Gasteiger partial charge is 0.361 e. The zero-order valence-corrected chi connectivity index (χ0v) is 9.24. The van der Waals surface area contributed by atoms with E-state index in [0.717, 1.165) is 12.3 Å². The second-order valence-corrected chi connectivity index (χ2v) is 3.81. The first-order valence-corrected chi connectivity index (χ1v) is 4.83. The van der Waals surface area contributed by atoms with Crippen LogP contribution in [0, 0.1) is 5.82 Å². The summed E-state index contributed by atoms with van der Waals surface area (Å²) in [7, 11) is 0. The maximum Gasteiger partial charge on any atom is 0.324 e. The van der Waals surface area contributed by atoms with Gasteiger partial charge in [0, 0.05) is 10.7 Å². The van der Waals surface area contributed by atoms with Gasteiger partial charge in [0.05, 0.1) is 6.54 Å². The van der Waals surface area contributed by atoms with Gasteiger partial charge in [0.1, 0.15) is 0 Å². The highest BCUT2D eigenvalue weighted by Gasteiger charge is 2.40. The SMILES string of the molecule is Fc1cc(Br)cnc1NCC(F)(F)C(F)F. The normalized spacial score (nSPS) is 11.9. The Morgan fingerprint density at radius 1 is 1.44 bits per heavy atom. The predicted octanol–water partition coefficient (Wildman–Crippen LogP) is 3.30. The van der Waals surface area contributed by atoms with Crippen molar-refractivity contribution in [2.75, 3.05) is 11.9 Å². The lowest BCUT2D eigenvalue weighted by Crippen LogP contribution is -2.35. The molecule has 0 aliphatic carbocycles. The van der Waals surface area contributed by atoms with E-state index < -0.39 is 30.5 Å².